The molecule has 0 aromatic carbocycles. The van der Waals surface area contributed by atoms with Crippen LogP contribution in [0.4, 0.5) is 0 Å². The van der Waals surface area contributed by atoms with Gasteiger partial charge in [0.1, 0.15) is 5.76 Å². The lowest BCUT2D eigenvalue weighted by atomic mass is 9.90. The summed E-state index contributed by atoms with van der Waals surface area (Å²) in [6, 6.07) is 0. The van der Waals surface area contributed by atoms with Crippen LogP contribution in [0.2, 0.25) is 0 Å². The molecule has 19 heavy (non-hydrogen) atoms. The third kappa shape index (κ3) is 3.19. The number of nitrogens with zero attached hydrogens (tertiary/aromatic N) is 1. The summed E-state index contributed by atoms with van der Waals surface area (Å²) in [5.41, 5.74) is 1.29. The Morgan fingerprint density at radius 2 is 2.05 bits per heavy atom. The molecule has 0 bridgehead atoms. The maximum absolute atomic E-state index is 5.65. The van der Waals surface area contributed by atoms with Gasteiger partial charge in [-0.25, -0.2) is 0 Å². The molecule has 0 radical (unpaired) electrons. The maximum Gasteiger partial charge on any atom is 0.158 e. The van der Waals surface area contributed by atoms with Crippen LogP contribution in [-0.2, 0) is 14.2 Å². The molecule has 1 heterocycles. The van der Waals surface area contributed by atoms with E-state index < -0.39 is 0 Å². The van der Waals surface area contributed by atoms with Crippen molar-refractivity contribution < 1.29 is 14.2 Å². The minimum Gasteiger partial charge on any atom is -0.494 e. The lowest BCUT2D eigenvalue weighted by Gasteiger charge is -2.34. The number of allylic oxidation sites excluding steroid dienone is 1. The summed E-state index contributed by atoms with van der Waals surface area (Å²) < 4.78 is 16.7. The quantitative estimate of drug-likeness (QED) is 0.739. The largest absolute Gasteiger partial charge is 0.494 e. The van der Waals surface area contributed by atoms with E-state index in [9.17, 15) is 0 Å². The van der Waals surface area contributed by atoms with E-state index in [2.05, 4.69) is 38.1 Å². The van der Waals surface area contributed by atoms with Crippen LogP contribution >= 0.6 is 0 Å². The van der Waals surface area contributed by atoms with Crippen LogP contribution in [-0.4, -0.2) is 50.6 Å². The zero-order chi connectivity index (χ0) is 13.9. The second-order valence-electron chi connectivity index (χ2n) is 5.40. The monoisotopic (exact) mass is 267 g/mol. The van der Waals surface area contributed by atoms with Crippen LogP contribution in [0.25, 0.3) is 0 Å². The fourth-order valence-corrected chi connectivity index (χ4v) is 2.57. The van der Waals surface area contributed by atoms with Crippen LogP contribution in [0.15, 0.2) is 23.5 Å². The van der Waals surface area contributed by atoms with Crippen molar-refractivity contribution in [1.82, 2.24) is 4.90 Å². The number of hydrogen-bond donors (Lipinski definition) is 0. The first-order chi connectivity index (χ1) is 9.06. The van der Waals surface area contributed by atoms with Gasteiger partial charge >= 0.3 is 0 Å². The average Bonchev–Trinajstić information content (AvgIpc) is 2.96. The van der Waals surface area contributed by atoms with Crippen molar-refractivity contribution in [3.8, 4) is 0 Å². The van der Waals surface area contributed by atoms with Crippen molar-refractivity contribution in [2.45, 2.75) is 38.5 Å². The molecule has 2 rings (SSSR count). The Labute approximate surface area is 116 Å². The highest BCUT2D eigenvalue weighted by molar-refractivity contribution is 5.41. The first-order valence-corrected chi connectivity index (χ1v) is 7.03. The summed E-state index contributed by atoms with van der Waals surface area (Å²) in [6.45, 7) is 6.38. The predicted molar refractivity (Wildman–Crippen MR) is 74.8 cm³/mol. The van der Waals surface area contributed by atoms with Crippen molar-refractivity contribution in [2.24, 2.45) is 0 Å². The molecule has 0 amide bonds. The second-order valence-corrected chi connectivity index (χ2v) is 5.40. The van der Waals surface area contributed by atoms with Gasteiger partial charge in [0.05, 0.1) is 25.4 Å². The Bertz CT molecular complexity index is 370. The van der Waals surface area contributed by atoms with Gasteiger partial charge in [-0.3, -0.25) is 4.90 Å². The van der Waals surface area contributed by atoms with E-state index in [-0.39, 0.29) is 11.8 Å². The normalized spacial score (nSPS) is 27.8. The molecular weight excluding hydrogens is 242 g/mol. The average molecular weight is 267 g/mol. The Kier molecular flexibility index (Phi) is 4.66. The molecule has 1 fully saturated rings. The van der Waals surface area contributed by atoms with Crippen molar-refractivity contribution in [3.05, 3.63) is 23.5 Å². The van der Waals surface area contributed by atoms with E-state index in [4.69, 9.17) is 14.2 Å². The Hall–Kier alpha value is -0.840. The molecule has 2 aliphatic rings. The minimum atomic E-state index is -0.0664. The molecule has 108 valence electrons. The van der Waals surface area contributed by atoms with Gasteiger partial charge in [0.15, 0.2) is 6.29 Å². The molecule has 0 aromatic heterocycles. The minimum absolute atomic E-state index is 0.0385. The Balaban J connectivity index is 2.01. The molecule has 0 aromatic rings. The van der Waals surface area contributed by atoms with Gasteiger partial charge in [0.2, 0.25) is 0 Å². The molecule has 1 saturated heterocycles. The molecule has 1 atom stereocenters. The van der Waals surface area contributed by atoms with E-state index in [0.717, 1.165) is 31.8 Å². The molecule has 0 spiro atoms. The fraction of sp³-hybridized carbons (Fsp3) is 0.733. The molecule has 1 aliphatic carbocycles. The number of hydrogen-bond acceptors (Lipinski definition) is 4. The van der Waals surface area contributed by atoms with Crippen LogP contribution < -0.4 is 0 Å². The van der Waals surface area contributed by atoms with E-state index in [0.29, 0.717) is 6.61 Å². The van der Waals surface area contributed by atoms with Crippen molar-refractivity contribution in [1.29, 1.82) is 0 Å². The highest BCUT2D eigenvalue weighted by Crippen LogP contribution is 2.36. The zero-order valence-electron chi connectivity index (χ0n) is 12.4. The molecule has 0 N–H and O–H groups in total. The number of ether oxygens (including phenoxy) is 3. The molecule has 1 aliphatic heterocycles. The summed E-state index contributed by atoms with van der Waals surface area (Å²) >= 11 is 0. The Morgan fingerprint density at radius 1 is 1.37 bits per heavy atom. The molecule has 0 saturated carbocycles. The van der Waals surface area contributed by atoms with Gasteiger partial charge in [-0.15, -0.1) is 0 Å². The zero-order valence-corrected chi connectivity index (χ0v) is 12.4. The number of likely N-dealkylation sites (N-methyl/N-ethyl adjacent to an activating group) is 1. The smallest absolute Gasteiger partial charge is 0.158 e. The van der Waals surface area contributed by atoms with E-state index in [1.54, 1.807) is 0 Å². The summed E-state index contributed by atoms with van der Waals surface area (Å²) in [4.78, 5) is 2.22. The van der Waals surface area contributed by atoms with Crippen molar-refractivity contribution in [2.75, 3.05) is 33.9 Å². The number of rotatable bonds is 6. The molecule has 4 heteroatoms. The molecule has 1 unspecified atom stereocenters. The van der Waals surface area contributed by atoms with Gasteiger partial charge in [0.25, 0.3) is 0 Å². The highest BCUT2D eigenvalue weighted by Gasteiger charge is 2.34. The summed E-state index contributed by atoms with van der Waals surface area (Å²) in [7, 11) is 4.20. The van der Waals surface area contributed by atoms with E-state index in [1.807, 2.05) is 6.92 Å². The first-order valence-electron chi connectivity index (χ1n) is 7.03. The maximum atomic E-state index is 5.65. The lowest BCUT2D eigenvalue weighted by Crippen LogP contribution is -2.40. The van der Waals surface area contributed by atoms with Gasteiger partial charge in [0, 0.05) is 6.42 Å². The standard InChI is InChI=1S/C15H25NO3/c1-5-17-13-10-12(15(2,11-13)16(3)4)6-7-14-18-8-9-19-14/h10-11,14H,5-9H2,1-4H3. The van der Waals surface area contributed by atoms with Gasteiger partial charge in [-0.1, -0.05) is 0 Å². The Morgan fingerprint density at radius 3 is 2.63 bits per heavy atom. The highest BCUT2D eigenvalue weighted by atomic mass is 16.7. The topological polar surface area (TPSA) is 30.9 Å². The van der Waals surface area contributed by atoms with E-state index in [1.165, 1.54) is 5.57 Å². The van der Waals surface area contributed by atoms with E-state index >= 15 is 0 Å². The first kappa shape index (κ1) is 14.6. The van der Waals surface area contributed by atoms with Crippen LogP contribution in [0.5, 0.6) is 0 Å². The van der Waals surface area contributed by atoms with Gasteiger partial charge in [-0.05, 0) is 52.1 Å². The van der Waals surface area contributed by atoms with Crippen LogP contribution in [0, 0.1) is 0 Å². The molecule has 4 nitrogen and oxygen atoms in total. The van der Waals surface area contributed by atoms with Crippen LogP contribution in [0.1, 0.15) is 26.7 Å². The molecular formula is C15H25NO3. The van der Waals surface area contributed by atoms with Gasteiger partial charge in [-0.2, -0.15) is 0 Å². The fourth-order valence-electron chi connectivity index (χ4n) is 2.57. The van der Waals surface area contributed by atoms with Crippen molar-refractivity contribution >= 4 is 0 Å². The summed E-state index contributed by atoms with van der Waals surface area (Å²) in [5, 5.41) is 0. The third-order valence-electron chi connectivity index (χ3n) is 3.97. The lowest BCUT2D eigenvalue weighted by molar-refractivity contribution is -0.0467. The summed E-state index contributed by atoms with van der Waals surface area (Å²) in [5.74, 6) is 0.974. The SMILES string of the molecule is CCOC1=CC(C)(N(C)C)C(CCC2OCCO2)=C1. The predicted octanol–water partition coefficient (Wildman–Crippen LogP) is 2.32. The van der Waals surface area contributed by atoms with Crippen molar-refractivity contribution in [3.63, 3.8) is 0 Å². The second kappa shape index (κ2) is 6.07. The van der Waals surface area contributed by atoms with Crippen LogP contribution in [0.3, 0.4) is 0 Å². The van der Waals surface area contributed by atoms with Gasteiger partial charge < -0.3 is 14.2 Å². The summed E-state index contributed by atoms with van der Waals surface area (Å²) in [6.07, 6.45) is 6.19. The third-order valence-corrected chi connectivity index (χ3v) is 3.97.